The molecular weight excluding hydrogens is 218 g/mol. The van der Waals surface area contributed by atoms with Gasteiger partial charge >= 0.3 is 0 Å². The minimum Gasteiger partial charge on any atom is -0.297 e. The van der Waals surface area contributed by atoms with Gasteiger partial charge in [0, 0.05) is 12.1 Å². The summed E-state index contributed by atoms with van der Waals surface area (Å²) in [5.41, 5.74) is 0. The largest absolute Gasteiger partial charge is 0.297 e. The molecule has 0 bridgehead atoms. The highest BCUT2D eigenvalue weighted by molar-refractivity contribution is 4.96. The van der Waals surface area contributed by atoms with Gasteiger partial charge < -0.3 is 0 Å². The van der Waals surface area contributed by atoms with Gasteiger partial charge in [0.25, 0.3) is 0 Å². The highest BCUT2D eigenvalue weighted by atomic mass is 15.2. The quantitative estimate of drug-likeness (QED) is 0.610. The summed E-state index contributed by atoms with van der Waals surface area (Å²) in [4.78, 5) is 2.93. The molecular formula is C17H33N. The predicted octanol–water partition coefficient (Wildman–Crippen LogP) is 4.86. The molecule has 2 rings (SSSR count). The maximum Gasteiger partial charge on any atom is 0.0127 e. The molecule has 0 aliphatic carbocycles. The second-order valence-electron chi connectivity index (χ2n) is 6.58. The van der Waals surface area contributed by atoms with Crippen LogP contribution in [-0.2, 0) is 0 Å². The second-order valence-corrected chi connectivity index (χ2v) is 6.58. The third kappa shape index (κ3) is 2.92. The van der Waals surface area contributed by atoms with Gasteiger partial charge in [0.05, 0.1) is 0 Å². The van der Waals surface area contributed by atoms with Gasteiger partial charge in [-0.2, -0.15) is 0 Å². The molecule has 2 saturated heterocycles. The molecule has 0 aromatic rings. The lowest BCUT2D eigenvalue weighted by molar-refractivity contribution is 0.0179. The topological polar surface area (TPSA) is 3.24 Å². The van der Waals surface area contributed by atoms with Crippen LogP contribution in [0.25, 0.3) is 0 Å². The molecule has 0 aromatic heterocycles. The Morgan fingerprint density at radius 3 is 2.44 bits per heavy atom. The highest BCUT2D eigenvalue weighted by Gasteiger charge is 2.42. The summed E-state index contributed by atoms with van der Waals surface area (Å²) in [7, 11) is 0. The maximum absolute atomic E-state index is 2.93. The van der Waals surface area contributed by atoms with E-state index in [1.807, 2.05) is 0 Å². The Morgan fingerprint density at radius 1 is 1.00 bits per heavy atom. The normalized spacial score (nSPS) is 36.8. The van der Waals surface area contributed by atoms with Crippen molar-refractivity contribution in [2.75, 3.05) is 6.54 Å². The third-order valence-electron chi connectivity index (χ3n) is 5.61. The van der Waals surface area contributed by atoms with Crippen LogP contribution in [0.1, 0.15) is 78.6 Å². The van der Waals surface area contributed by atoms with E-state index < -0.39 is 0 Å². The fourth-order valence-corrected chi connectivity index (χ4v) is 4.59. The molecule has 0 aromatic carbocycles. The van der Waals surface area contributed by atoms with Gasteiger partial charge in [-0.05, 0) is 44.1 Å². The first-order chi connectivity index (χ1) is 8.81. The summed E-state index contributed by atoms with van der Waals surface area (Å²) >= 11 is 0. The zero-order valence-electron chi connectivity index (χ0n) is 12.8. The van der Waals surface area contributed by atoms with E-state index in [4.69, 9.17) is 0 Å². The summed E-state index contributed by atoms with van der Waals surface area (Å²) in [6.07, 6.45) is 13.0. The molecule has 1 nitrogen and oxygen atoms in total. The van der Waals surface area contributed by atoms with Crippen molar-refractivity contribution in [3.05, 3.63) is 0 Å². The molecule has 106 valence electrons. The van der Waals surface area contributed by atoms with Crippen LogP contribution in [0.2, 0.25) is 0 Å². The summed E-state index contributed by atoms with van der Waals surface area (Å²) in [6, 6.07) is 1.88. The fourth-order valence-electron chi connectivity index (χ4n) is 4.59. The van der Waals surface area contributed by atoms with Crippen molar-refractivity contribution in [3.63, 3.8) is 0 Å². The van der Waals surface area contributed by atoms with Crippen LogP contribution in [0.3, 0.4) is 0 Å². The number of fused-ring (bicyclic) bond motifs is 1. The van der Waals surface area contributed by atoms with Gasteiger partial charge in [0.2, 0.25) is 0 Å². The Balaban J connectivity index is 2.00. The van der Waals surface area contributed by atoms with E-state index in [-0.39, 0.29) is 0 Å². The summed E-state index contributed by atoms with van der Waals surface area (Å²) in [5, 5.41) is 0. The third-order valence-corrected chi connectivity index (χ3v) is 5.61. The van der Waals surface area contributed by atoms with Crippen molar-refractivity contribution < 1.29 is 0 Å². The standard InChI is InChI=1S/C17H33N/c1-4-7-8-10-16-14(5-2)13-15(6-3)17-11-9-12-18(16)17/h14-17H,4-13H2,1-3H3. The molecule has 0 spiro atoms. The van der Waals surface area contributed by atoms with E-state index in [1.54, 1.807) is 0 Å². The molecule has 2 aliphatic heterocycles. The molecule has 2 aliphatic rings. The lowest BCUT2D eigenvalue weighted by atomic mass is 9.75. The van der Waals surface area contributed by atoms with Gasteiger partial charge in [-0.1, -0.05) is 52.9 Å². The van der Waals surface area contributed by atoms with Gasteiger partial charge in [0.1, 0.15) is 0 Å². The van der Waals surface area contributed by atoms with Gasteiger partial charge in [-0.15, -0.1) is 0 Å². The van der Waals surface area contributed by atoms with E-state index in [0.717, 1.165) is 23.9 Å². The predicted molar refractivity (Wildman–Crippen MR) is 79.8 cm³/mol. The van der Waals surface area contributed by atoms with Crippen molar-refractivity contribution >= 4 is 0 Å². The Labute approximate surface area is 114 Å². The summed E-state index contributed by atoms with van der Waals surface area (Å²) in [6.45, 7) is 8.55. The monoisotopic (exact) mass is 251 g/mol. The van der Waals surface area contributed by atoms with Crippen LogP contribution < -0.4 is 0 Å². The number of piperidine rings is 1. The number of hydrogen-bond donors (Lipinski definition) is 0. The highest BCUT2D eigenvalue weighted by Crippen LogP contribution is 2.42. The number of unbranched alkanes of at least 4 members (excludes halogenated alkanes) is 2. The molecule has 2 fully saturated rings. The van der Waals surface area contributed by atoms with Gasteiger partial charge in [-0.25, -0.2) is 0 Å². The van der Waals surface area contributed by atoms with E-state index in [1.165, 1.54) is 64.3 Å². The van der Waals surface area contributed by atoms with Crippen LogP contribution in [0.4, 0.5) is 0 Å². The first kappa shape index (κ1) is 14.4. The average Bonchev–Trinajstić information content (AvgIpc) is 2.88. The lowest BCUT2D eigenvalue weighted by Gasteiger charge is -2.47. The van der Waals surface area contributed by atoms with Crippen LogP contribution in [0.15, 0.2) is 0 Å². The minimum absolute atomic E-state index is 0.928. The van der Waals surface area contributed by atoms with Crippen molar-refractivity contribution in [3.8, 4) is 0 Å². The fraction of sp³-hybridized carbons (Fsp3) is 1.00. The average molecular weight is 251 g/mol. The molecule has 2 heterocycles. The van der Waals surface area contributed by atoms with Crippen molar-refractivity contribution in [2.24, 2.45) is 11.8 Å². The lowest BCUT2D eigenvalue weighted by Crippen LogP contribution is -2.51. The molecule has 4 atom stereocenters. The molecule has 18 heavy (non-hydrogen) atoms. The zero-order chi connectivity index (χ0) is 13.0. The van der Waals surface area contributed by atoms with E-state index in [2.05, 4.69) is 25.7 Å². The molecule has 1 heteroatoms. The first-order valence-corrected chi connectivity index (χ1v) is 8.57. The van der Waals surface area contributed by atoms with Crippen LogP contribution in [0.5, 0.6) is 0 Å². The molecule has 0 radical (unpaired) electrons. The second kappa shape index (κ2) is 6.93. The van der Waals surface area contributed by atoms with E-state index in [0.29, 0.717) is 0 Å². The van der Waals surface area contributed by atoms with Crippen LogP contribution >= 0.6 is 0 Å². The Kier molecular flexibility index (Phi) is 5.54. The van der Waals surface area contributed by atoms with E-state index in [9.17, 15) is 0 Å². The van der Waals surface area contributed by atoms with Crippen molar-refractivity contribution in [1.29, 1.82) is 0 Å². The smallest absolute Gasteiger partial charge is 0.0127 e. The Morgan fingerprint density at radius 2 is 1.78 bits per heavy atom. The van der Waals surface area contributed by atoms with Crippen LogP contribution in [-0.4, -0.2) is 23.5 Å². The summed E-state index contributed by atoms with van der Waals surface area (Å²) < 4.78 is 0. The van der Waals surface area contributed by atoms with Crippen molar-refractivity contribution in [2.45, 2.75) is 90.6 Å². The SMILES string of the molecule is CCCCCC1C(CC)CC(CC)C2CCCN12. The molecule has 0 amide bonds. The first-order valence-electron chi connectivity index (χ1n) is 8.57. The molecule has 4 unspecified atom stereocenters. The molecule has 0 N–H and O–H groups in total. The minimum atomic E-state index is 0.928. The van der Waals surface area contributed by atoms with Crippen LogP contribution in [0, 0.1) is 11.8 Å². The maximum atomic E-state index is 2.93. The van der Waals surface area contributed by atoms with Crippen molar-refractivity contribution in [1.82, 2.24) is 4.90 Å². The number of nitrogens with zero attached hydrogens (tertiary/aromatic N) is 1. The molecule has 0 saturated carbocycles. The summed E-state index contributed by atoms with van der Waals surface area (Å²) in [5.74, 6) is 1.99. The number of hydrogen-bond acceptors (Lipinski definition) is 1. The van der Waals surface area contributed by atoms with Gasteiger partial charge in [-0.3, -0.25) is 4.90 Å². The van der Waals surface area contributed by atoms with E-state index >= 15 is 0 Å². The van der Waals surface area contributed by atoms with Gasteiger partial charge in [0.15, 0.2) is 0 Å². The zero-order valence-corrected chi connectivity index (χ0v) is 12.8. The Bertz CT molecular complexity index is 238. The number of rotatable bonds is 6. The Hall–Kier alpha value is -0.0400.